The van der Waals surface area contributed by atoms with Crippen molar-refractivity contribution in [3.63, 3.8) is 0 Å². The molecule has 11 heteroatoms. The monoisotopic (exact) mass is 758 g/mol. The van der Waals surface area contributed by atoms with Crippen molar-refractivity contribution < 1.29 is 50.0 Å². The molecule has 0 aromatic carbocycles. The summed E-state index contributed by atoms with van der Waals surface area (Å²) in [6.07, 6.45) is 22.4. The molecule has 0 aromatic rings. The number of aliphatic hydroxyl groups is 7. The highest BCUT2D eigenvalue weighted by atomic mass is 16.7. The molecule has 312 valence electrons. The fourth-order valence-corrected chi connectivity index (χ4v) is 6.61. The molecule has 1 heterocycles. The van der Waals surface area contributed by atoms with Crippen molar-refractivity contribution >= 4 is 5.91 Å². The maximum atomic E-state index is 13.0. The van der Waals surface area contributed by atoms with E-state index in [0.29, 0.717) is 12.8 Å². The van der Waals surface area contributed by atoms with Crippen LogP contribution < -0.4 is 5.32 Å². The molecule has 11 nitrogen and oxygen atoms in total. The largest absolute Gasteiger partial charge is 0.394 e. The first-order valence-corrected chi connectivity index (χ1v) is 21.2. The Morgan fingerprint density at radius 1 is 0.642 bits per heavy atom. The Morgan fingerprint density at radius 2 is 1.11 bits per heavy atom. The minimum Gasteiger partial charge on any atom is -0.394 e. The molecule has 1 aliphatic heterocycles. The normalized spacial score (nSPS) is 23.1. The SMILES string of the molecule is CCCCCCC/C=C/CCCC(O)C(O)C(COC1OC(CO)C(O)C(O)C1O)NC(=O)C(O)CCCCCCCC/C=C\CCCCCCCC. The van der Waals surface area contributed by atoms with Gasteiger partial charge in [-0.05, 0) is 64.2 Å². The highest BCUT2D eigenvalue weighted by Crippen LogP contribution is 2.23. The molecule has 1 amide bonds. The van der Waals surface area contributed by atoms with Gasteiger partial charge < -0.3 is 50.5 Å². The van der Waals surface area contributed by atoms with Gasteiger partial charge in [-0.25, -0.2) is 0 Å². The number of unbranched alkanes of at least 4 members (excludes halogenated alkanes) is 18. The Bertz CT molecular complexity index is 918. The van der Waals surface area contributed by atoms with Gasteiger partial charge in [-0.15, -0.1) is 0 Å². The summed E-state index contributed by atoms with van der Waals surface area (Å²) in [4.78, 5) is 13.0. The maximum absolute atomic E-state index is 13.0. The van der Waals surface area contributed by atoms with Gasteiger partial charge in [0.05, 0.1) is 25.4 Å². The molecule has 0 spiro atoms. The lowest BCUT2D eigenvalue weighted by Crippen LogP contribution is -2.60. The van der Waals surface area contributed by atoms with Crippen molar-refractivity contribution in [1.29, 1.82) is 0 Å². The Labute approximate surface area is 321 Å². The third-order valence-electron chi connectivity index (χ3n) is 10.2. The Balaban J connectivity index is 2.51. The third kappa shape index (κ3) is 23.3. The molecule has 0 aromatic heterocycles. The topological polar surface area (TPSA) is 189 Å². The number of carbonyl (C=O) groups is 1. The molecule has 1 fully saturated rings. The summed E-state index contributed by atoms with van der Waals surface area (Å²) < 4.78 is 11.0. The van der Waals surface area contributed by atoms with E-state index >= 15 is 0 Å². The number of hydrogen-bond acceptors (Lipinski definition) is 10. The van der Waals surface area contributed by atoms with Crippen molar-refractivity contribution in [2.75, 3.05) is 13.2 Å². The minimum absolute atomic E-state index is 0.247. The predicted octanol–water partition coefficient (Wildman–Crippen LogP) is 5.89. The molecule has 1 saturated heterocycles. The van der Waals surface area contributed by atoms with Gasteiger partial charge in [0.2, 0.25) is 5.91 Å². The van der Waals surface area contributed by atoms with E-state index < -0.39 is 74.2 Å². The maximum Gasteiger partial charge on any atom is 0.249 e. The zero-order chi connectivity index (χ0) is 39.1. The van der Waals surface area contributed by atoms with Crippen LogP contribution in [0.2, 0.25) is 0 Å². The van der Waals surface area contributed by atoms with E-state index in [-0.39, 0.29) is 12.8 Å². The molecule has 0 bridgehead atoms. The molecule has 53 heavy (non-hydrogen) atoms. The summed E-state index contributed by atoms with van der Waals surface area (Å²) >= 11 is 0. The first-order chi connectivity index (χ1) is 25.7. The zero-order valence-corrected chi connectivity index (χ0v) is 33.2. The molecular weight excluding hydrogens is 678 g/mol. The second kappa shape index (κ2) is 32.8. The lowest BCUT2D eigenvalue weighted by molar-refractivity contribution is -0.303. The number of allylic oxidation sites excluding steroid dienone is 4. The molecule has 1 rings (SSSR count). The van der Waals surface area contributed by atoms with Crippen LogP contribution in [0.1, 0.15) is 168 Å². The first-order valence-electron chi connectivity index (χ1n) is 21.2. The Morgan fingerprint density at radius 3 is 1.62 bits per heavy atom. The molecular formula is C42H79NO10. The van der Waals surface area contributed by atoms with Crippen LogP contribution in [0.5, 0.6) is 0 Å². The van der Waals surface area contributed by atoms with Crippen LogP contribution in [-0.2, 0) is 14.3 Å². The van der Waals surface area contributed by atoms with Gasteiger partial charge in [0.1, 0.15) is 36.6 Å². The quantitative estimate of drug-likeness (QED) is 0.0291. The van der Waals surface area contributed by atoms with E-state index in [2.05, 4.69) is 43.5 Å². The number of hydrogen-bond donors (Lipinski definition) is 8. The molecule has 9 unspecified atom stereocenters. The molecule has 0 aliphatic carbocycles. The van der Waals surface area contributed by atoms with Crippen LogP contribution in [0, 0.1) is 0 Å². The number of aliphatic hydroxyl groups excluding tert-OH is 7. The summed E-state index contributed by atoms with van der Waals surface area (Å²) in [7, 11) is 0. The summed E-state index contributed by atoms with van der Waals surface area (Å²) in [5.41, 5.74) is 0. The highest BCUT2D eigenvalue weighted by molar-refractivity contribution is 5.80. The van der Waals surface area contributed by atoms with Crippen molar-refractivity contribution in [3.8, 4) is 0 Å². The lowest BCUT2D eigenvalue weighted by atomic mass is 9.98. The van der Waals surface area contributed by atoms with E-state index in [1.54, 1.807) is 0 Å². The highest BCUT2D eigenvalue weighted by Gasteiger charge is 2.44. The van der Waals surface area contributed by atoms with E-state index in [0.717, 1.165) is 57.8 Å². The Hall–Kier alpha value is -1.41. The van der Waals surface area contributed by atoms with E-state index in [9.17, 15) is 40.5 Å². The smallest absolute Gasteiger partial charge is 0.249 e. The molecule has 1 aliphatic rings. The van der Waals surface area contributed by atoms with Crippen LogP contribution in [0.3, 0.4) is 0 Å². The molecule has 0 radical (unpaired) electrons. The van der Waals surface area contributed by atoms with Crippen molar-refractivity contribution in [3.05, 3.63) is 24.3 Å². The average Bonchev–Trinajstić information content (AvgIpc) is 3.16. The van der Waals surface area contributed by atoms with Gasteiger partial charge in [0.25, 0.3) is 0 Å². The summed E-state index contributed by atoms with van der Waals surface area (Å²) in [6.45, 7) is 3.36. The summed E-state index contributed by atoms with van der Waals surface area (Å²) in [5.74, 6) is -0.715. The first kappa shape index (κ1) is 49.6. The fourth-order valence-electron chi connectivity index (χ4n) is 6.61. The van der Waals surface area contributed by atoms with E-state index in [1.807, 2.05) is 0 Å². The van der Waals surface area contributed by atoms with Crippen LogP contribution in [0.25, 0.3) is 0 Å². The number of amides is 1. The van der Waals surface area contributed by atoms with Crippen LogP contribution in [-0.4, -0.2) is 110 Å². The predicted molar refractivity (Wildman–Crippen MR) is 210 cm³/mol. The lowest BCUT2D eigenvalue weighted by Gasteiger charge is -2.40. The molecule has 8 N–H and O–H groups in total. The van der Waals surface area contributed by atoms with Crippen LogP contribution >= 0.6 is 0 Å². The fraction of sp³-hybridized carbons (Fsp3) is 0.881. The zero-order valence-electron chi connectivity index (χ0n) is 33.2. The molecule has 9 atom stereocenters. The van der Waals surface area contributed by atoms with Gasteiger partial charge >= 0.3 is 0 Å². The van der Waals surface area contributed by atoms with Crippen LogP contribution in [0.4, 0.5) is 0 Å². The van der Waals surface area contributed by atoms with Crippen molar-refractivity contribution in [1.82, 2.24) is 5.32 Å². The van der Waals surface area contributed by atoms with Crippen molar-refractivity contribution in [2.24, 2.45) is 0 Å². The van der Waals surface area contributed by atoms with E-state index in [4.69, 9.17) is 9.47 Å². The van der Waals surface area contributed by atoms with Gasteiger partial charge in [-0.3, -0.25) is 4.79 Å². The van der Waals surface area contributed by atoms with Crippen LogP contribution in [0.15, 0.2) is 24.3 Å². The number of carbonyl (C=O) groups excluding carboxylic acids is 1. The van der Waals surface area contributed by atoms with Gasteiger partial charge in [0, 0.05) is 0 Å². The van der Waals surface area contributed by atoms with Crippen molar-refractivity contribution in [2.45, 2.75) is 223 Å². The Kier molecular flexibility index (Phi) is 30.7. The standard InChI is InChI=1S/C42H79NO10/c1-3-5-7-9-11-13-15-16-17-18-19-20-22-24-26-28-30-35(46)41(51)43-33(32-52-42-40(50)39(49)38(48)36(31-44)53-42)37(47)34(45)29-27-25-23-21-14-12-10-8-6-4-2/h16-17,21,23,33-40,42,44-50H,3-15,18-20,22,24-32H2,1-2H3,(H,43,51)/b17-16-,23-21+. The second-order valence-corrected chi connectivity index (χ2v) is 15.1. The van der Waals surface area contributed by atoms with Gasteiger partial charge in [-0.2, -0.15) is 0 Å². The number of rotatable bonds is 34. The minimum atomic E-state index is -1.67. The van der Waals surface area contributed by atoms with Gasteiger partial charge in [-0.1, -0.05) is 128 Å². The summed E-state index contributed by atoms with van der Waals surface area (Å²) in [5, 5.41) is 75.3. The van der Waals surface area contributed by atoms with Gasteiger partial charge in [0.15, 0.2) is 6.29 Å². The van der Waals surface area contributed by atoms with E-state index in [1.165, 1.54) is 70.6 Å². The summed E-state index contributed by atoms with van der Waals surface area (Å²) in [6, 6.07) is -1.18. The molecule has 0 saturated carbocycles. The second-order valence-electron chi connectivity index (χ2n) is 15.1. The number of nitrogens with one attached hydrogen (secondary N) is 1. The third-order valence-corrected chi connectivity index (χ3v) is 10.2. The number of ether oxygens (including phenoxy) is 2. The average molecular weight is 758 g/mol.